The van der Waals surface area contributed by atoms with Crippen LogP contribution in [0.1, 0.15) is 0 Å². The fourth-order valence-electron chi connectivity index (χ4n) is 6.48. The van der Waals surface area contributed by atoms with Crippen molar-refractivity contribution < 1.29 is 0 Å². The van der Waals surface area contributed by atoms with Gasteiger partial charge in [-0.3, -0.25) is 9.13 Å². The molecule has 9 aromatic rings. The Kier molecular flexibility index (Phi) is 4.58. The Balaban J connectivity index is 1.47. The van der Waals surface area contributed by atoms with Crippen molar-refractivity contribution in [3.63, 3.8) is 0 Å². The van der Waals surface area contributed by atoms with Gasteiger partial charge in [0.05, 0.1) is 27.6 Å². The third-order valence-corrected chi connectivity index (χ3v) is 8.22. The lowest BCUT2D eigenvalue weighted by atomic mass is 10.2. The van der Waals surface area contributed by atoms with Crippen LogP contribution < -0.4 is 0 Å². The number of aromatic nitrogens is 4. The van der Waals surface area contributed by atoms with E-state index in [0.717, 1.165) is 55.7 Å². The van der Waals surface area contributed by atoms with Crippen molar-refractivity contribution in [1.29, 1.82) is 0 Å². The molecule has 0 bridgehead atoms. The zero-order chi connectivity index (χ0) is 26.9. The maximum absolute atomic E-state index is 5.50. The highest BCUT2D eigenvalue weighted by molar-refractivity contribution is 6.16. The van der Waals surface area contributed by atoms with Crippen LogP contribution in [-0.2, 0) is 0 Å². The predicted molar refractivity (Wildman–Crippen MR) is 170 cm³/mol. The molecule has 0 radical (unpaired) electrons. The van der Waals surface area contributed by atoms with Crippen LogP contribution in [-0.4, -0.2) is 18.7 Å². The molecule has 4 heterocycles. The number of hydrogen-bond acceptors (Lipinski definition) is 1. The smallest absolute Gasteiger partial charge is 0.147 e. The van der Waals surface area contributed by atoms with E-state index in [1.807, 2.05) is 0 Å². The van der Waals surface area contributed by atoms with Gasteiger partial charge in [0.25, 0.3) is 0 Å². The van der Waals surface area contributed by atoms with Crippen LogP contribution in [0.3, 0.4) is 0 Å². The van der Waals surface area contributed by atoms with Gasteiger partial charge in [-0.15, -0.1) is 0 Å². The van der Waals surface area contributed by atoms with Crippen LogP contribution in [0, 0.1) is 0 Å². The summed E-state index contributed by atoms with van der Waals surface area (Å²) >= 11 is 0. The van der Waals surface area contributed by atoms with Crippen molar-refractivity contribution in [3.05, 3.63) is 146 Å². The van der Waals surface area contributed by atoms with Crippen LogP contribution in [0.2, 0.25) is 0 Å². The van der Waals surface area contributed by atoms with Gasteiger partial charge in [-0.2, -0.15) is 0 Å². The van der Waals surface area contributed by atoms with Gasteiger partial charge >= 0.3 is 0 Å². The Labute approximate surface area is 235 Å². The van der Waals surface area contributed by atoms with Gasteiger partial charge in [0, 0.05) is 32.9 Å². The number of para-hydroxylation sites is 5. The molecule has 0 atom stereocenters. The molecule has 0 aliphatic rings. The average Bonchev–Trinajstić information content (AvgIpc) is 3.68. The first-order chi connectivity index (χ1) is 20.4. The zero-order valence-corrected chi connectivity index (χ0v) is 22.1. The van der Waals surface area contributed by atoms with Crippen molar-refractivity contribution in [1.82, 2.24) is 18.7 Å². The summed E-state index contributed by atoms with van der Waals surface area (Å²) < 4.78 is 7.02. The van der Waals surface area contributed by atoms with Crippen LogP contribution in [0.25, 0.3) is 72.0 Å². The first-order valence-corrected chi connectivity index (χ1v) is 13.9. The minimum absolute atomic E-state index is 0.953. The molecule has 0 aliphatic carbocycles. The molecule has 0 amide bonds. The monoisotopic (exact) mass is 524 g/mol. The minimum Gasteiger partial charge on any atom is -0.308 e. The van der Waals surface area contributed by atoms with Gasteiger partial charge in [0.15, 0.2) is 0 Å². The number of pyridine rings is 1. The van der Waals surface area contributed by atoms with E-state index in [2.05, 4.69) is 159 Å². The Morgan fingerprint density at radius 1 is 0.390 bits per heavy atom. The molecule has 4 heteroatoms. The molecule has 0 spiro atoms. The zero-order valence-electron chi connectivity index (χ0n) is 22.1. The van der Waals surface area contributed by atoms with Gasteiger partial charge in [0.1, 0.15) is 11.5 Å². The van der Waals surface area contributed by atoms with E-state index in [-0.39, 0.29) is 0 Å². The summed E-state index contributed by atoms with van der Waals surface area (Å²) in [6.45, 7) is 0. The highest BCUT2D eigenvalue weighted by Gasteiger charge is 2.22. The standard InChI is InChI=1S/C37H24N4/c1-3-14-26(15-4-1)39-33-22-12-9-19-29(33)36-34(39)24-30-28-18-8-11-21-32(28)41(37(30)38-36)35-23-25-13-7-10-20-31(25)40(35)27-16-5-2-6-17-27/h1-24H. The lowest BCUT2D eigenvalue weighted by molar-refractivity contribution is 0.991. The third-order valence-electron chi connectivity index (χ3n) is 8.22. The summed E-state index contributed by atoms with van der Waals surface area (Å²) in [6.07, 6.45) is 0. The number of rotatable bonds is 3. The Hall–Kier alpha value is -5.61. The number of fused-ring (bicyclic) bond motifs is 7. The van der Waals surface area contributed by atoms with Gasteiger partial charge in [-0.25, -0.2) is 4.98 Å². The SMILES string of the molecule is c1ccc(-n2c(-n3c4ccccc4c4cc5c(nc43)c3ccccc3n5-c3ccccc3)cc3ccccc32)cc1. The molecule has 192 valence electrons. The summed E-state index contributed by atoms with van der Waals surface area (Å²) in [5.41, 5.74) is 8.78. The molecule has 41 heavy (non-hydrogen) atoms. The first-order valence-electron chi connectivity index (χ1n) is 13.9. The fourth-order valence-corrected chi connectivity index (χ4v) is 6.48. The molecule has 4 nitrogen and oxygen atoms in total. The second-order valence-corrected chi connectivity index (χ2v) is 10.5. The summed E-state index contributed by atoms with van der Waals surface area (Å²) in [5.74, 6) is 1.07. The van der Waals surface area contributed by atoms with E-state index in [4.69, 9.17) is 4.98 Å². The average molecular weight is 525 g/mol. The van der Waals surface area contributed by atoms with E-state index in [9.17, 15) is 0 Å². The van der Waals surface area contributed by atoms with Crippen molar-refractivity contribution in [2.24, 2.45) is 0 Å². The van der Waals surface area contributed by atoms with Crippen LogP contribution in [0.15, 0.2) is 146 Å². The predicted octanol–water partition coefficient (Wildman–Crippen LogP) is 9.22. The van der Waals surface area contributed by atoms with Crippen molar-refractivity contribution in [2.45, 2.75) is 0 Å². The number of benzene rings is 5. The lowest BCUT2D eigenvalue weighted by Crippen LogP contribution is -2.04. The molecule has 0 fully saturated rings. The second kappa shape index (κ2) is 8.44. The topological polar surface area (TPSA) is 27.7 Å². The summed E-state index contributed by atoms with van der Waals surface area (Å²) in [4.78, 5) is 5.50. The molecule has 0 aliphatic heterocycles. The summed E-state index contributed by atoms with van der Waals surface area (Å²) in [5, 5.41) is 4.66. The van der Waals surface area contributed by atoms with Crippen LogP contribution in [0.5, 0.6) is 0 Å². The first kappa shape index (κ1) is 22.2. The molecule has 0 saturated heterocycles. The lowest BCUT2D eigenvalue weighted by Gasteiger charge is -2.13. The molecule has 0 unspecified atom stereocenters. The Morgan fingerprint density at radius 2 is 0.951 bits per heavy atom. The van der Waals surface area contributed by atoms with Gasteiger partial charge in [-0.05, 0) is 54.6 Å². The van der Waals surface area contributed by atoms with Crippen molar-refractivity contribution in [3.8, 4) is 17.2 Å². The molecule has 0 saturated carbocycles. The summed E-state index contributed by atoms with van der Waals surface area (Å²) in [6, 6.07) is 51.6. The van der Waals surface area contributed by atoms with E-state index in [1.54, 1.807) is 0 Å². The highest BCUT2D eigenvalue weighted by atomic mass is 15.2. The Morgan fingerprint density at radius 3 is 1.68 bits per heavy atom. The maximum Gasteiger partial charge on any atom is 0.147 e. The molecule has 5 aromatic carbocycles. The number of hydrogen-bond donors (Lipinski definition) is 0. The largest absolute Gasteiger partial charge is 0.308 e. The quantitative estimate of drug-likeness (QED) is 0.226. The maximum atomic E-state index is 5.50. The van der Waals surface area contributed by atoms with E-state index in [1.165, 1.54) is 16.3 Å². The van der Waals surface area contributed by atoms with Crippen LogP contribution >= 0.6 is 0 Å². The normalized spacial score (nSPS) is 11.9. The van der Waals surface area contributed by atoms with Gasteiger partial charge in [-0.1, -0.05) is 91.0 Å². The molecular formula is C37H24N4. The fraction of sp³-hybridized carbons (Fsp3) is 0. The van der Waals surface area contributed by atoms with Crippen molar-refractivity contribution >= 4 is 54.8 Å². The van der Waals surface area contributed by atoms with Gasteiger partial charge < -0.3 is 4.57 Å². The van der Waals surface area contributed by atoms with E-state index < -0.39 is 0 Å². The summed E-state index contributed by atoms with van der Waals surface area (Å²) in [7, 11) is 0. The molecule has 4 aromatic heterocycles. The van der Waals surface area contributed by atoms with E-state index >= 15 is 0 Å². The van der Waals surface area contributed by atoms with Gasteiger partial charge in [0.2, 0.25) is 0 Å². The van der Waals surface area contributed by atoms with E-state index in [0.29, 0.717) is 0 Å². The molecule has 0 N–H and O–H groups in total. The molecule has 9 rings (SSSR count). The second-order valence-electron chi connectivity index (χ2n) is 10.5. The number of nitrogens with zero attached hydrogens (tertiary/aromatic N) is 4. The third kappa shape index (κ3) is 3.13. The Bertz CT molecular complexity index is 2410. The molecular weight excluding hydrogens is 500 g/mol. The van der Waals surface area contributed by atoms with Crippen LogP contribution in [0.4, 0.5) is 0 Å². The minimum atomic E-state index is 0.953. The highest BCUT2D eigenvalue weighted by Crippen LogP contribution is 2.39. The van der Waals surface area contributed by atoms with Crippen molar-refractivity contribution in [2.75, 3.05) is 0 Å².